The van der Waals surface area contributed by atoms with Crippen molar-refractivity contribution in [3.63, 3.8) is 0 Å². The fraction of sp³-hybridized carbons (Fsp3) is 0.845. The summed E-state index contributed by atoms with van der Waals surface area (Å²) in [7, 11) is 5.55. The first-order chi connectivity index (χ1) is 32.1. The van der Waals surface area contributed by atoms with Gasteiger partial charge in [0, 0.05) is 19.3 Å². The molecule has 0 aromatic carbocycles. The maximum absolute atomic E-state index is 12.8. The van der Waals surface area contributed by atoms with E-state index in [1.54, 1.807) is 0 Å². The second kappa shape index (κ2) is 49.0. The summed E-state index contributed by atoms with van der Waals surface area (Å²) < 4.78 is 17.4. The average molecular weight is 932 g/mol. The highest BCUT2D eigenvalue weighted by Crippen LogP contribution is 2.17. The van der Waals surface area contributed by atoms with Crippen LogP contribution in [0.1, 0.15) is 264 Å². The lowest BCUT2D eigenvalue weighted by atomic mass is 10.0. The molecule has 8 heteroatoms. The number of aliphatic carboxylic acids is 1. The molecular weight excluding hydrogens is 823 g/mol. The Kier molecular flexibility index (Phi) is 47.2. The van der Waals surface area contributed by atoms with Gasteiger partial charge in [-0.2, -0.15) is 0 Å². The zero-order chi connectivity index (χ0) is 48.4. The number of allylic oxidation sites excluding steroid dienone is 6. The molecule has 386 valence electrons. The van der Waals surface area contributed by atoms with Gasteiger partial charge in [0.2, 0.25) is 0 Å². The predicted octanol–water partition coefficient (Wildman–Crippen LogP) is 16.5. The van der Waals surface area contributed by atoms with Crippen LogP contribution in [0.15, 0.2) is 36.5 Å². The van der Waals surface area contributed by atoms with E-state index in [1.165, 1.54) is 173 Å². The summed E-state index contributed by atoms with van der Waals surface area (Å²) in [5, 5.41) is 9.67. The molecular formula is C58H108NO7+. The fourth-order valence-electron chi connectivity index (χ4n) is 8.52. The molecule has 0 rings (SSSR count). The quantitative estimate of drug-likeness (QED) is 0.0281. The third-order valence-corrected chi connectivity index (χ3v) is 12.8. The van der Waals surface area contributed by atoms with Crippen LogP contribution in [0.2, 0.25) is 0 Å². The summed E-state index contributed by atoms with van der Waals surface area (Å²) in [5.74, 6) is -1.45. The standard InChI is InChI=1S/C58H107NO7/c1-6-8-10-12-14-16-18-20-22-24-26-27-28-29-31-33-35-37-39-41-43-45-47-49-57(61)66-54(52-64-51-50-55(58(62)63)59(3,4)5)53-65-56(60)48-46-44-42-40-38-36-34-32-30-25-23-21-19-17-15-13-11-9-7-2/h8,10,14,16,20,22,54-55H,6-7,9,11-13,15,17-19,21,23-53H2,1-5H3/p+1/b10-8+,16-14+,22-20+. The maximum atomic E-state index is 12.8. The number of rotatable bonds is 51. The van der Waals surface area contributed by atoms with Gasteiger partial charge in [-0.15, -0.1) is 0 Å². The molecule has 0 fully saturated rings. The molecule has 0 saturated heterocycles. The molecule has 0 heterocycles. The molecule has 0 aliphatic heterocycles. The van der Waals surface area contributed by atoms with Crippen molar-refractivity contribution in [3.05, 3.63) is 36.5 Å². The van der Waals surface area contributed by atoms with Crippen LogP contribution < -0.4 is 0 Å². The molecule has 2 atom stereocenters. The van der Waals surface area contributed by atoms with Crippen LogP contribution in [0.5, 0.6) is 0 Å². The number of esters is 2. The number of hydrogen-bond acceptors (Lipinski definition) is 6. The fourth-order valence-corrected chi connectivity index (χ4v) is 8.52. The monoisotopic (exact) mass is 931 g/mol. The number of quaternary nitrogens is 1. The first kappa shape index (κ1) is 63.5. The number of likely N-dealkylation sites (N-methyl/N-ethyl adjacent to an activating group) is 1. The molecule has 0 aromatic heterocycles. The third-order valence-electron chi connectivity index (χ3n) is 12.8. The van der Waals surface area contributed by atoms with Gasteiger partial charge < -0.3 is 23.8 Å². The second-order valence-electron chi connectivity index (χ2n) is 20.2. The van der Waals surface area contributed by atoms with E-state index in [9.17, 15) is 19.5 Å². The Bertz CT molecular complexity index is 1170. The summed E-state index contributed by atoms with van der Waals surface area (Å²) in [4.78, 5) is 37.3. The van der Waals surface area contributed by atoms with Crippen LogP contribution in [0.3, 0.4) is 0 Å². The molecule has 0 amide bonds. The van der Waals surface area contributed by atoms with E-state index in [4.69, 9.17) is 14.2 Å². The molecule has 0 saturated carbocycles. The van der Waals surface area contributed by atoms with E-state index in [0.717, 1.165) is 57.8 Å². The maximum Gasteiger partial charge on any atom is 0.362 e. The van der Waals surface area contributed by atoms with Crippen LogP contribution in [0, 0.1) is 0 Å². The number of nitrogens with zero attached hydrogens (tertiary/aromatic N) is 1. The van der Waals surface area contributed by atoms with Gasteiger partial charge in [0.25, 0.3) is 0 Å². The highest BCUT2D eigenvalue weighted by Gasteiger charge is 2.31. The van der Waals surface area contributed by atoms with Gasteiger partial charge in [0.15, 0.2) is 12.1 Å². The summed E-state index contributed by atoms with van der Waals surface area (Å²) in [6.45, 7) is 4.68. The number of carbonyl (C=O) groups is 3. The summed E-state index contributed by atoms with van der Waals surface area (Å²) in [6.07, 6.45) is 59.2. The molecule has 0 spiro atoms. The largest absolute Gasteiger partial charge is 0.477 e. The number of ether oxygens (including phenoxy) is 3. The van der Waals surface area contributed by atoms with Gasteiger partial charge in [0.05, 0.1) is 34.4 Å². The SMILES string of the molecule is CC/C=C/C/C=C/C/C=C/CCCCCCCCCCCCCCCC(=O)OC(COCCC(C(=O)O)[N+](C)(C)C)COC(=O)CCCCCCCCCCCCCCCCCCCCC. The second-order valence-corrected chi connectivity index (χ2v) is 20.2. The van der Waals surface area contributed by atoms with Gasteiger partial charge in [-0.3, -0.25) is 9.59 Å². The third kappa shape index (κ3) is 46.7. The van der Waals surface area contributed by atoms with Crippen molar-refractivity contribution in [1.82, 2.24) is 0 Å². The Hall–Kier alpha value is -2.45. The molecule has 1 N–H and O–H groups in total. The smallest absolute Gasteiger partial charge is 0.362 e. The first-order valence-electron chi connectivity index (χ1n) is 28.0. The first-order valence-corrected chi connectivity index (χ1v) is 28.0. The van der Waals surface area contributed by atoms with Crippen molar-refractivity contribution in [1.29, 1.82) is 0 Å². The van der Waals surface area contributed by atoms with Crippen molar-refractivity contribution in [2.24, 2.45) is 0 Å². The number of carboxylic acid groups (broad SMARTS) is 1. The lowest BCUT2D eigenvalue weighted by Gasteiger charge is -2.31. The van der Waals surface area contributed by atoms with Gasteiger partial charge in [-0.25, -0.2) is 4.79 Å². The van der Waals surface area contributed by atoms with E-state index >= 15 is 0 Å². The molecule has 0 aliphatic carbocycles. The molecule has 66 heavy (non-hydrogen) atoms. The molecule has 0 radical (unpaired) electrons. The summed E-state index contributed by atoms with van der Waals surface area (Å²) in [5.41, 5.74) is 0. The predicted molar refractivity (Wildman–Crippen MR) is 280 cm³/mol. The minimum absolute atomic E-state index is 0.0465. The molecule has 8 nitrogen and oxygen atoms in total. The van der Waals surface area contributed by atoms with Crippen LogP contribution in [0.25, 0.3) is 0 Å². The molecule has 2 unspecified atom stereocenters. The highest BCUT2D eigenvalue weighted by atomic mass is 16.6. The van der Waals surface area contributed by atoms with Gasteiger partial charge in [-0.1, -0.05) is 237 Å². The highest BCUT2D eigenvalue weighted by molar-refractivity contribution is 5.72. The topological polar surface area (TPSA) is 99.1 Å². The van der Waals surface area contributed by atoms with Crippen molar-refractivity contribution in [2.75, 3.05) is 41.0 Å². The Morgan fingerprint density at radius 3 is 1.26 bits per heavy atom. The Morgan fingerprint density at radius 2 is 0.848 bits per heavy atom. The Balaban J connectivity index is 4.15. The van der Waals surface area contributed by atoms with Gasteiger partial charge in [0.1, 0.15) is 6.61 Å². The number of carbonyl (C=O) groups excluding carboxylic acids is 2. The zero-order valence-corrected chi connectivity index (χ0v) is 44.2. The van der Waals surface area contributed by atoms with Crippen molar-refractivity contribution >= 4 is 17.9 Å². The van der Waals surface area contributed by atoms with E-state index < -0.39 is 18.1 Å². The molecule has 0 aliphatic rings. The van der Waals surface area contributed by atoms with Crippen LogP contribution in [-0.2, 0) is 28.6 Å². The van der Waals surface area contributed by atoms with Crippen LogP contribution >= 0.6 is 0 Å². The molecule has 0 bridgehead atoms. The molecule has 0 aromatic rings. The van der Waals surface area contributed by atoms with Gasteiger partial charge in [-0.05, 0) is 44.9 Å². The summed E-state index contributed by atoms with van der Waals surface area (Å²) >= 11 is 0. The number of unbranched alkanes of at least 4 members (excludes halogenated alkanes) is 31. The van der Waals surface area contributed by atoms with E-state index in [2.05, 4.69) is 50.3 Å². The average Bonchev–Trinajstić information content (AvgIpc) is 3.28. The van der Waals surface area contributed by atoms with Gasteiger partial charge >= 0.3 is 17.9 Å². The van der Waals surface area contributed by atoms with E-state index in [1.807, 2.05) is 21.1 Å². The van der Waals surface area contributed by atoms with E-state index in [0.29, 0.717) is 19.3 Å². The zero-order valence-electron chi connectivity index (χ0n) is 44.2. The van der Waals surface area contributed by atoms with Crippen LogP contribution in [-0.4, -0.2) is 80.6 Å². The van der Waals surface area contributed by atoms with Crippen molar-refractivity contribution < 1.29 is 38.2 Å². The van der Waals surface area contributed by atoms with E-state index in [-0.39, 0.29) is 36.2 Å². The Morgan fingerprint density at radius 1 is 0.470 bits per heavy atom. The van der Waals surface area contributed by atoms with Crippen LogP contribution in [0.4, 0.5) is 0 Å². The van der Waals surface area contributed by atoms with Crippen molar-refractivity contribution in [3.8, 4) is 0 Å². The summed E-state index contributed by atoms with van der Waals surface area (Å²) in [6, 6.07) is -0.613. The lowest BCUT2D eigenvalue weighted by Crippen LogP contribution is -2.50. The minimum Gasteiger partial charge on any atom is -0.477 e. The number of carboxylic acids is 1. The Labute approximate surface area is 408 Å². The lowest BCUT2D eigenvalue weighted by molar-refractivity contribution is -0.887. The minimum atomic E-state index is -0.871. The normalized spacial score (nSPS) is 13.0. The number of hydrogen-bond donors (Lipinski definition) is 1. The van der Waals surface area contributed by atoms with Crippen molar-refractivity contribution in [2.45, 2.75) is 276 Å².